The molecule has 4 nitrogen and oxygen atoms in total. The monoisotopic (exact) mass is 384 g/mol. The van der Waals surface area contributed by atoms with E-state index < -0.39 is 11.7 Å². The van der Waals surface area contributed by atoms with E-state index in [1.807, 2.05) is 6.07 Å². The molecule has 2 aromatic carbocycles. The minimum absolute atomic E-state index is 0.00476. The van der Waals surface area contributed by atoms with E-state index >= 15 is 0 Å². The third kappa shape index (κ3) is 3.55. The number of pyridine rings is 1. The molecule has 1 aromatic heterocycles. The number of nitrogens with one attached hydrogen (secondary N) is 1. The molecule has 0 fully saturated rings. The fourth-order valence-electron chi connectivity index (χ4n) is 3.11. The lowest BCUT2D eigenvalue weighted by molar-refractivity contribution is -0.137. The third-order valence-electron chi connectivity index (χ3n) is 4.53. The van der Waals surface area contributed by atoms with Gasteiger partial charge in [-0.15, -0.1) is 0 Å². The molecule has 28 heavy (non-hydrogen) atoms. The second kappa shape index (κ2) is 6.99. The zero-order chi connectivity index (χ0) is 19.7. The van der Waals surface area contributed by atoms with Gasteiger partial charge in [-0.1, -0.05) is 12.1 Å². The van der Waals surface area contributed by atoms with Gasteiger partial charge in [0.25, 0.3) is 5.91 Å². The Balaban J connectivity index is 1.50. The molecule has 0 radical (unpaired) electrons. The highest BCUT2D eigenvalue weighted by Gasteiger charge is 2.30. The van der Waals surface area contributed by atoms with Crippen LogP contribution in [0.4, 0.5) is 13.2 Å². The fourth-order valence-corrected chi connectivity index (χ4v) is 3.11. The van der Waals surface area contributed by atoms with Gasteiger partial charge < -0.3 is 10.1 Å². The molecule has 1 N–H and O–H groups in total. The van der Waals surface area contributed by atoms with E-state index in [2.05, 4.69) is 10.3 Å². The molecular weight excluding hydrogens is 369 g/mol. The van der Waals surface area contributed by atoms with Crippen LogP contribution < -0.4 is 10.1 Å². The van der Waals surface area contributed by atoms with E-state index in [0.29, 0.717) is 23.5 Å². The maximum absolute atomic E-state index is 12.8. The number of rotatable bonds is 3. The van der Waals surface area contributed by atoms with Crippen LogP contribution >= 0.6 is 0 Å². The lowest BCUT2D eigenvalue weighted by Gasteiger charge is -2.20. The van der Waals surface area contributed by atoms with Gasteiger partial charge in [-0.2, -0.15) is 13.2 Å². The second-order valence-corrected chi connectivity index (χ2v) is 6.41. The van der Waals surface area contributed by atoms with Crippen molar-refractivity contribution in [1.82, 2.24) is 10.3 Å². The smallest absolute Gasteiger partial charge is 0.416 e. The van der Waals surface area contributed by atoms with E-state index in [1.165, 1.54) is 12.1 Å². The quantitative estimate of drug-likeness (QED) is 0.719. The van der Waals surface area contributed by atoms with Crippen molar-refractivity contribution in [3.05, 3.63) is 83.2 Å². The standard InChI is InChI=1S/C21H15F3N2O2/c22-21(23,24)16-3-1-2-13(8-16)10-26-20(27)14-4-5-18-17-6-7-25-11-15(17)12-28-19(18)9-14/h1-9,11H,10,12H2,(H,26,27). The Morgan fingerprint density at radius 3 is 2.79 bits per heavy atom. The number of alkyl halides is 3. The molecule has 1 aliphatic heterocycles. The second-order valence-electron chi connectivity index (χ2n) is 6.41. The number of hydrogen-bond donors (Lipinski definition) is 1. The molecule has 3 aromatic rings. The molecule has 0 bridgehead atoms. The Bertz CT molecular complexity index is 1050. The summed E-state index contributed by atoms with van der Waals surface area (Å²) in [6.07, 6.45) is -0.973. The van der Waals surface area contributed by atoms with Crippen LogP contribution in [0.25, 0.3) is 11.1 Å². The summed E-state index contributed by atoms with van der Waals surface area (Å²) in [5.41, 5.74) is 2.86. The number of amides is 1. The number of fused-ring (bicyclic) bond motifs is 3. The predicted octanol–water partition coefficient (Wildman–Crippen LogP) is 4.59. The number of carbonyl (C=O) groups excluding carboxylic acids is 1. The Hall–Kier alpha value is -3.35. The average Bonchev–Trinajstić information content (AvgIpc) is 2.71. The van der Waals surface area contributed by atoms with Gasteiger partial charge in [0.1, 0.15) is 12.4 Å². The van der Waals surface area contributed by atoms with Crippen molar-refractivity contribution >= 4 is 5.91 Å². The summed E-state index contributed by atoms with van der Waals surface area (Å²) in [5, 5.41) is 2.65. The number of halogens is 3. The van der Waals surface area contributed by atoms with E-state index in [4.69, 9.17) is 4.74 Å². The van der Waals surface area contributed by atoms with Crippen LogP contribution in [0.2, 0.25) is 0 Å². The van der Waals surface area contributed by atoms with Crippen molar-refractivity contribution in [2.45, 2.75) is 19.3 Å². The number of hydrogen-bond acceptors (Lipinski definition) is 3. The first-order chi connectivity index (χ1) is 13.4. The van der Waals surface area contributed by atoms with Gasteiger partial charge in [0.05, 0.1) is 5.56 Å². The first-order valence-corrected chi connectivity index (χ1v) is 8.56. The number of aromatic nitrogens is 1. The molecule has 0 saturated heterocycles. The summed E-state index contributed by atoms with van der Waals surface area (Å²) in [6, 6.07) is 11.9. The third-order valence-corrected chi connectivity index (χ3v) is 4.53. The van der Waals surface area contributed by atoms with Crippen LogP contribution in [0.1, 0.15) is 27.0 Å². The molecule has 0 saturated carbocycles. The molecular formula is C21H15F3N2O2. The van der Waals surface area contributed by atoms with E-state index in [0.717, 1.165) is 28.8 Å². The average molecular weight is 384 g/mol. The molecule has 7 heteroatoms. The minimum atomic E-state index is -4.42. The molecule has 0 atom stereocenters. The van der Waals surface area contributed by atoms with Gasteiger partial charge in [-0.25, -0.2) is 0 Å². The first kappa shape index (κ1) is 18.0. The van der Waals surface area contributed by atoms with Crippen LogP contribution in [-0.2, 0) is 19.3 Å². The lowest BCUT2D eigenvalue weighted by atomic mass is 9.97. The van der Waals surface area contributed by atoms with Crippen LogP contribution in [0.15, 0.2) is 60.9 Å². The van der Waals surface area contributed by atoms with Crippen molar-refractivity contribution in [2.75, 3.05) is 0 Å². The van der Waals surface area contributed by atoms with Gasteiger partial charge in [-0.3, -0.25) is 9.78 Å². The Morgan fingerprint density at radius 1 is 1.11 bits per heavy atom. The Morgan fingerprint density at radius 2 is 1.96 bits per heavy atom. The Kier molecular flexibility index (Phi) is 4.50. The van der Waals surface area contributed by atoms with Crippen molar-refractivity contribution in [2.24, 2.45) is 0 Å². The SMILES string of the molecule is O=C(NCc1cccc(C(F)(F)F)c1)c1ccc2c(c1)OCc1cnccc1-2. The molecule has 2 heterocycles. The molecule has 1 aliphatic rings. The molecule has 1 amide bonds. The zero-order valence-electron chi connectivity index (χ0n) is 14.6. The fraction of sp³-hybridized carbons (Fsp3) is 0.143. The first-order valence-electron chi connectivity index (χ1n) is 8.56. The van der Waals surface area contributed by atoms with Gasteiger partial charge in [-0.05, 0) is 47.5 Å². The van der Waals surface area contributed by atoms with E-state index in [9.17, 15) is 18.0 Å². The van der Waals surface area contributed by atoms with Gasteiger partial charge in [0.15, 0.2) is 0 Å². The van der Waals surface area contributed by atoms with Gasteiger partial charge in [0, 0.05) is 35.6 Å². The van der Waals surface area contributed by atoms with Gasteiger partial charge in [0.2, 0.25) is 0 Å². The molecule has 0 spiro atoms. The number of benzene rings is 2. The van der Waals surface area contributed by atoms with Crippen LogP contribution in [-0.4, -0.2) is 10.9 Å². The summed E-state index contributed by atoms with van der Waals surface area (Å²) in [5.74, 6) is 0.203. The Labute approximate surface area is 159 Å². The van der Waals surface area contributed by atoms with E-state index in [-0.39, 0.29) is 12.5 Å². The maximum atomic E-state index is 12.8. The van der Waals surface area contributed by atoms with Crippen LogP contribution in [0, 0.1) is 0 Å². The zero-order valence-corrected chi connectivity index (χ0v) is 14.6. The maximum Gasteiger partial charge on any atom is 0.416 e. The highest BCUT2D eigenvalue weighted by Crippen LogP contribution is 2.37. The number of ether oxygens (including phenoxy) is 1. The predicted molar refractivity (Wildman–Crippen MR) is 96.6 cm³/mol. The summed E-state index contributed by atoms with van der Waals surface area (Å²) in [7, 11) is 0. The molecule has 0 aliphatic carbocycles. The number of carbonyl (C=O) groups is 1. The molecule has 4 rings (SSSR count). The normalized spacial score (nSPS) is 12.5. The summed E-state index contributed by atoms with van der Waals surface area (Å²) in [6.45, 7) is 0.362. The highest BCUT2D eigenvalue weighted by molar-refractivity contribution is 5.95. The topological polar surface area (TPSA) is 51.2 Å². The van der Waals surface area contributed by atoms with Crippen molar-refractivity contribution in [3.8, 4) is 16.9 Å². The van der Waals surface area contributed by atoms with Crippen molar-refractivity contribution in [1.29, 1.82) is 0 Å². The summed E-state index contributed by atoms with van der Waals surface area (Å²) >= 11 is 0. The van der Waals surface area contributed by atoms with E-state index in [1.54, 1.807) is 30.6 Å². The van der Waals surface area contributed by atoms with Crippen molar-refractivity contribution in [3.63, 3.8) is 0 Å². The summed E-state index contributed by atoms with van der Waals surface area (Å²) < 4.78 is 44.1. The molecule has 0 unspecified atom stereocenters. The number of nitrogens with zero attached hydrogens (tertiary/aromatic N) is 1. The van der Waals surface area contributed by atoms with Gasteiger partial charge >= 0.3 is 6.18 Å². The van der Waals surface area contributed by atoms with Crippen LogP contribution in [0.3, 0.4) is 0 Å². The largest absolute Gasteiger partial charge is 0.488 e. The minimum Gasteiger partial charge on any atom is -0.488 e. The molecule has 142 valence electrons. The lowest BCUT2D eigenvalue weighted by Crippen LogP contribution is -2.23. The van der Waals surface area contributed by atoms with Crippen LogP contribution in [0.5, 0.6) is 5.75 Å². The van der Waals surface area contributed by atoms with Crippen molar-refractivity contribution < 1.29 is 22.7 Å². The highest BCUT2D eigenvalue weighted by atomic mass is 19.4. The summed E-state index contributed by atoms with van der Waals surface area (Å²) in [4.78, 5) is 16.5.